The van der Waals surface area contributed by atoms with Gasteiger partial charge in [-0.05, 0) is 61.4 Å². The first-order valence-corrected chi connectivity index (χ1v) is 13.9. The summed E-state index contributed by atoms with van der Waals surface area (Å²) in [5.41, 5.74) is 1.92. The third-order valence-electron chi connectivity index (χ3n) is 7.13. The number of benzene rings is 2. The van der Waals surface area contributed by atoms with Crippen LogP contribution in [-0.2, 0) is 9.59 Å². The molecular formula is C31H40N4O4. The van der Waals surface area contributed by atoms with E-state index in [1.54, 1.807) is 9.80 Å². The Hall–Kier alpha value is -3.81. The quantitative estimate of drug-likeness (QED) is 0.414. The zero-order valence-electron chi connectivity index (χ0n) is 23.6. The van der Waals surface area contributed by atoms with Crippen molar-refractivity contribution in [2.24, 2.45) is 11.8 Å². The fourth-order valence-electron chi connectivity index (χ4n) is 5.16. The number of para-hydroxylation sites is 1. The molecule has 2 aromatic carbocycles. The molecule has 2 aromatic rings. The first-order valence-electron chi connectivity index (χ1n) is 13.9. The molecule has 0 saturated carbocycles. The van der Waals surface area contributed by atoms with Gasteiger partial charge in [0.1, 0.15) is 17.5 Å². The van der Waals surface area contributed by atoms with Gasteiger partial charge in [-0.15, -0.1) is 0 Å². The zero-order valence-corrected chi connectivity index (χ0v) is 23.6. The second-order valence-corrected chi connectivity index (χ2v) is 11.0. The summed E-state index contributed by atoms with van der Waals surface area (Å²) >= 11 is 0. The molecule has 208 valence electrons. The lowest BCUT2D eigenvalue weighted by atomic mass is 9.95. The van der Waals surface area contributed by atoms with Crippen LogP contribution in [0.25, 0.3) is 0 Å². The number of nitrogens with zero attached hydrogens (tertiary/aromatic N) is 2. The van der Waals surface area contributed by atoms with E-state index in [-0.39, 0.29) is 30.3 Å². The number of hydrogen-bond acceptors (Lipinski definition) is 4. The standard InChI is InChI=1S/C31H40N4O4/c1-6-34-26-19-35(25(17-21(4)5)29(36)32-16-15-20(2)3)30(37)27(26)28(33-31(34)38)22-11-10-14-24(18-22)39-23-12-8-7-9-13-23/h7-14,18,20-21,25,28H,6,15-17,19H2,1-5H3,(H,32,36)(H,33,38)/t25-,28+/m1/s1. The average Bonchev–Trinajstić information content (AvgIpc) is 3.23. The van der Waals surface area contributed by atoms with Gasteiger partial charge in [-0.3, -0.25) is 14.5 Å². The van der Waals surface area contributed by atoms with Gasteiger partial charge in [0.05, 0.1) is 23.9 Å². The lowest BCUT2D eigenvalue weighted by Crippen LogP contribution is -2.49. The van der Waals surface area contributed by atoms with Crippen molar-refractivity contribution in [2.75, 3.05) is 19.6 Å². The van der Waals surface area contributed by atoms with Crippen LogP contribution in [0.2, 0.25) is 0 Å². The molecule has 0 spiro atoms. The van der Waals surface area contributed by atoms with Crippen molar-refractivity contribution in [1.82, 2.24) is 20.4 Å². The van der Waals surface area contributed by atoms with Crippen molar-refractivity contribution >= 4 is 17.8 Å². The van der Waals surface area contributed by atoms with Gasteiger partial charge < -0.3 is 20.3 Å². The largest absolute Gasteiger partial charge is 0.457 e. The highest BCUT2D eigenvalue weighted by atomic mass is 16.5. The minimum Gasteiger partial charge on any atom is -0.457 e. The highest BCUT2D eigenvalue weighted by molar-refractivity contribution is 6.03. The second-order valence-electron chi connectivity index (χ2n) is 11.0. The summed E-state index contributed by atoms with van der Waals surface area (Å²) in [6, 6.07) is 15.4. The van der Waals surface area contributed by atoms with Crippen LogP contribution >= 0.6 is 0 Å². The summed E-state index contributed by atoms with van der Waals surface area (Å²) < 4.78 is 6.02. The Bertz CT molecular complexity index is 1220. The summed E-state index contributed by atoms with van der Waals surface area (Å²) in [5.74, 6) is 1.62. The van der Waals surface area contributed by atoms with E-state index in [2.05, 4.69) is 24.5 Å². The van der Waals surface area contributed by atoms with Gasteiger partial charge >= 0.3 is 6.03 Å². The van der Waals surface area contributed by atoms with E-state index in [0.29, 0.717) is 48.2 Å². The SMILES string of the molecule is CCN1C(=O)N[C@@H](c2cccc(Oc3ccccc3)c2)C2=C1CN([C@H](CC(C)C)C(=O)NCCC(C)C)C2=O. The van der Waals surface area contributed by atoms with E-state index in [1.807, 2.05) is 75.4 Å². The molecule has 0 bridgehead atoms. The van der Waals surface area contributed by atoms with E-state index in [4.69, 9.17) is 4.74 Å². The number of carbonyl (C=O) groups excluding carboxylic acids is 3. The minimum absolute atomic E-state index is 0.144. The van der Waals surface area contributed by atoms with Crippen molar-refractivity contribution in [3.63, 3.8) is 0 Å². The molecule has 8 nitrogen and oxygen atoms in total. The predicted octanol–water partition coefficient (Wildman–Crippen LogP) is 5.24. The number of amides is 4. The molecule has 2 heterocycles. The number of hydrogen-bond donors (Lipinski definition) is 2. The number of urea groups is 1. The van der Waals surface area contributed by atoms with Crippen molar-refractivity contribution in [3.8, 4) is 11.5 Å². The molecule has 39 heavy (non-hydrogen) atoms. The van der Waals surface area contributed by atoms with E-state index in [0.717, 1.165) is 12.0 Å². The van der Waals surface area contributed by atoms with Gasteiger partial charge in [-0.1, -0.05) is 58.0 Å². The summed E-state index contributed by atoms with van der Waals surface area (Å²) in [6.45, 7) is 11.4. The van der Waals surface area contributed by atoms with Gasteiger partial charge in [0.15, 0.2) is 0 Å². The maximum atomic E-state index is 14.1. The minimum atomic E-state index is -0.643. The molecule has 2 N–H and O–H groups in total. The average molecular weight is 533 g/mol. The molecule has 0 radical (unpaired) electrons. The highest BCUT2D eigenvalue weighted by Crippen LogP contribution is 2.38. The molecule has 0 aromatic heterocycles. The lowest BCUT2D eigenvalue weighted by molar-refractivity contribution is -0.137. The van der Waals surface area contributed by atoms with Crippen LogP contribution in [0.1, 0.15) is 59.1 Å². The van der Waals surface area contributed by atoms with Gasteiger partial charge in [0, 0.05) is 13.1 Å². The molecule has 4 rings (SSSR count). The van der Waals surface area contributed by atoms with Gasteiger partial charge in [-0.25, -0.2) is 4.79 Å². The molecule has 4 amide bonds. The van der Waals surface area contributed by atoms with Crippen LogP contribution in [0, 0.1) is 11.8 Å². The lowest BCUT2D eigenvalue weighted by Gasteiger charge is -2.33. The van der Waals surface area contributed by atoms with Gasteiger partial charge in [0.25, 0.3) is 5.91 Å². The van der Waals surface area contributed by atoms with Gasteiger partial charge in [0.2, 0.25) is 5.91 Å². The number of nitrogens with one attached hydrogen (secondary N) is 2. The first-order chi connectivity index (χ1) is 18.7. The third kappa shape index (κ3) is 6.44. The van der Waals surface area contributed by atoms with Crippen LogP contribution in [0.3, 0.4) is 0 Å². The molecule has 0 unspecified atom stereocenters. The maximum absolute atomic E-state index is 14.1. The Morgan fingerprint density at radius 3 is 2.41 bits per heavy atom. The summed E-state index contributed by atoms with van der Waals surface area (Å²) in [7, 11) is 0. The van der Waals surface area contributed by atoms with Gasteiger partial charge in [-0.2, -0.15) is 0 Å². The van der Waals surface area contributed by atoms with E-state index in [9.17, 15) is 14.4 Å². The monoisotopic (exact) mass is 532 g/mol. The number of ether oxygens (including phenoxy) is 1. The summed E-state index contributed by atoms with van der Waals surface area (Å²) in [4.78, 5) is 43.8. The van der Waals surface area contributed by atoms with Crippen molar-refractivity contribution < 1.29 is 19.1 Å². The molecule has 0 fully saturated rings. The molecule has 0 aliphatic carbocycles. The van der Waals surface area contributed by atoms with E-state index in [1.165, 1.54) is 0 Å². The molecule has 2 aliphatic heterocycles. The molecule has 2 aliphatic rings. The topological polar surface area (TPSA) is 91.0 Å². The van der Waals surface area contributed by atoms with Crippen LogP contribution in [0.15, 0.2) is 65.9 Å². The Kier molecular flexibility index (Phi) is 8.94. The summed E-state index contributed by atoms with van der Waals surface area (Å²) in [6.07, 6.45) is 1.41. The maximum Gasteiger partial charge on any atom is 0.322 e. The summed E-state index contributed by atoms with van der Waals surface area (Å²) in [5, 5.41) is 6.07. The van der Waals surface area contributed by atoms with E-state index < -0.39 is 12.1 Å². The molecular weight excluding hydrogens is 492 g/mol. The smallest absolute Gasteiger partial charge is 0.322 e. The predicted molar refractivity (Wildman–Crippen MR) is 151 cm³/mol. The van der Waals surface area contributed by atoms with Crippen LogP contribution in [-0.4, -0.2) is 53.3 Å². The van der Waals surface area contributed by atoms with Crippen molar-refractivity contribution in [1.29, 1.82) is 0 Å². The molecule has 8 heteroatoms. The number of rotatable bonds is 11. The highest BCUT2D eigenvalue weighted by Gasteiger charge is 2.46. The Morgan fingerprint density at radius 2 is 1.74 bits per heavy atom. The van der Waals surface area contributed by atoms with Crippen LogP contribution in [0.5, 0.6) is 11.5 Å². The second kappa shape index (κ2) is 12.4. The molecule has 2 atom stereocenters. The Morgan fingerprint density at radius 1 is 1.03 bits per heavy atom. The van der Waals surface area contributed by atoms with Crippen LogP contribution < -0.4 is 15.4 Å². The van der Waals surface area contributed by atoms with Crippen molar-refractivity contribution in [3.05, 3.63) is 71.4 Å². The fourth-order valence-corrected chi connectivity index (χ4v) is 5.16. The molecule has 0 saturated heterocycles. The number of likely N-dealkylation sites (N-methyl/N-ethyl adjacent to an activating group) is 1. The zero-order chi connectivity index (χ0) is 28.1. The fraction of sp³-hybridized carbons (Fsp3) is 0.452. The first kappa shape index (κ1) is 28.2. The Labute approximate surface area is 231 Å². The third-order valence-corrected chi connectivity index (χ3v) is 7.13. The number of carbonyl (C=O) groups is 3. The van der Waals surface area contributed by atoms with Crippen LogP contribution in [0.4, 0.5) is 4.79 Å². The van der Waals surface area contributed by atoms with Crippen molar-refractivity contribution in [2.45, 2.75) is 59.5 Å². The normalized spacial score (nSPS) is 18.0. The Balaban J connectivity index is 1.64. The van der Waals surface area contributed by atoms with E-state index >= 15 is 0 Å².